The van der Waals surface area contributed by atoms with Crippen LogP contribution in [0.15, 0.2) is 54.9 Å². The summed E-state index contributed by atoms with van der Waals surface area (Å²) in [6.45, 7) is 0.574. The zero-order chi connectivity index (χ0) is 21.0. The van der Waals surface area contributed by atoms with Crippen LogP contribution in [0.1, 0.15) is 37.7 Å². The van der Waals surface area contributed by atoms with Crippen LogP contribution >= 0.6 is 22.9 Å². The average molecular weight is 450 g/mol. The molecule has 1 aliphatic rings. The number of hydrogen-bond donors (Lipinski definition) is 2. The number of nitrogens with zero attached hydrogens (tertiary/aromatic N) is 3. The number of aromatic nitrogens is 3. The van der Waals surface area contributed by atoms with Gasteiger partial charge in [-0.2, -0.15) is 0 Å². The van der Waals surface area contributed by atoms with Crippen molar-refractivity contribution in [1.29, 1.82) is 0 Å². The summed E-state index contributed by atoms with van der Waals surface area (Å²) in [4.78, 5) is 13.8. The van der Waals surface area contributed by atoms with E-state index < -0.39 is 0 Å². The van der Waals surface area contributed by atoms with Crippen molar-refractivity contribution in [3.8, 4) is 11.3 Å². The van der Waals surface area contributed by atoms with Gasteiger partial charge < -0.3 is 10.6 Å². The Balaban J connectivity index is 1.31. The zero-order valence-electron chi connectivity index (χ0n) is 17.1. The summed E-state index contributed by atoms with van der Waals surface area (Å²) >= 11 is 8.40. The van der Waals surface area contributed by atoms with E-state index in [2.05, 4.69) is 20.6 Å². The van der Waals surface area contributed by atoms with Crippen molar-refractivity contribution in [2.75, 3.05) is 10.6 Å². The van der Waals surface area contributed by atoms with Crippen LogP contribution in [0, 0.1) is 0 Å². The van der Waals surface area contributed by atoms with Gasteiger partial charge in [0.15, 0.2) is 5.13 Å². The SMILES string of the molecule is Clc1c(CNc2cncc(-c3ccccc3)n2)ccc2nc(NC3CCCCC3)sc12. The minimum atomic E-state index is 0.532. The standard InChI is InChI=1S/C24H24ClN5S/c25-22-17(13-27-21-15-26-14-20(29-21)16-7-3-1-4-8-16)11-12-19-23(22)31-24(30-19)28-18-9-5-2-6-10-18/h1,3-4,7-8,11-12,14-15,18H,2,5-6,9-10,13H2,(H,27,29)(H,28,30). The van der Waals surface area contributed by atoms with Crippen molar-refractivity contribution < 1.29 is 0 Å². The predicted molar refractivity (Wildman–Crippen MR) is 130 cm³/mol. The lowest BCUT2D eigenvalue weighted by Gasteiger charge is -2.22. The first-order valence-electron chi connectivity index (χ1n) is 10.7. The molecule has 4 aromatic rings. The number of hydrogen-bond acceptors (Lipinski definition) is 6. The van der Waals surface area contributed by atoms with E-state index in [1.54, 1.807) is 23.7 Å². The molecule has 0 spiro atoms. The van der Waals surface area contributed by atoms with Gasteiger partial charge in [0.05, 0.1) is 33.3 Å². The fraction of sp³-hybridized carbons (Fsp3) is 0.292. The topological polar surface area (TPSA) is 62.7 Å². The number of rotatable bonds is 6. The van der Waals surface area contributed by atoms with E-state index in [1.165, 1.54) is 32.1 Å². The normalized spacial score (nSPS) is 14.6. The Bertz CT molecular complexity index is 1170. The van der Waals surface area contributed by atoms with Crippen molar-refractivity contribution in [2.45, 2.75) is 44.7 Å². The van der Waals surface area contributed by atoms with E-state index in [9.17, 15) is 0 Å². The maximum Gasteiger partial charge on any atom is 0.184 e. The smallest absolute Gasteiger partial charge is 0.184 e. The highest BCUT2D eigenvalue weighted by Gasteiger charge is 2.16. The molecule has 158 valence electrons. The number of benzene rings is 2. The molecule has 0 unspecified atom stereocenters. The van der Waals surface area contributed by atoms with Crippen LogP contribution in [0.4, 0.5) is 10.9 Å². The van der Waals surface area contributed by atoms with Gasteiger partial charge in [0.25, 0.3) is 0 Å². The molecule has 0 amide bonds. The van der Waals surface area contributed by atoms with E-state index in [-0.39, 0.29) is 0 Å². The molecule has 5 rings (SSSR count). The Hall–Kier alpha value is -2.70. The molecule has 2 heterocycles. The van der Waals surface area contributed by atoms with Gasteiger partial charge in [-0.3, -0.25) is 4.98 Å². The van der Waals surface area contributed by atoms with Crippen molar-refractivity contribution in [1.82, 2.24) is 15.0 Å². The van der Waals surface area contributed by atoms with Gasteiger partial charge in [-0.1, -0.05) is 78.6 Å². The molecular weight excluding hydrogens is 426 g/mol. The lowest BCUT2D eigenvalue weighted by atomic mass is 9.96. The molecule has 2 aromatic carbocycles. The van der Waals surface area contributed by atoms with Crippen molar-refractivity contribution in [2.24, 2.45) is 0 Å². The maximum atomic E-state index is 6.76. The lowest BCUT2D eigenvalue weighted by molar-refractivity contribution is 0.462. The van der Waals surface area contributed by atoms with Crippen LogP contribution in [-0.4, -0.2) is 21.0 Å². The van der Waals surface area contributed by atoms with Gasteiger partial charge >= 0.3 is 0 Å². The van der Waals surface area contributed by atoms with Gasteiger partial charge in [-0.15, -0.1) is 0 Å². The molecule has 5 nitrogen and oxygen atoms in total. The second-order valence-electron chi connectivity index (χ2n) is 7.89. The largest absolute Gasteiger partial charge is 0.365 e. The Labute approximate surface area is 190 Å². The van der Waals surface area contributed by atoms with Crippen molar-refractivity contribution in [3.05, 3.63) is 65.4 Å². The highest BCUT2D eigenvalue weighted by molar-refractivity contribution is 7.22. The second-order valence-corrected chi connectivity index (χ2v) is 9.27. The van der Waals surface area contributed by atoms with E-state index in [0.29, 0.717) is 12.6 Å². The Morgan fingerprint density at radius 2 is 1.81 bits per heavy atom. The minimum absolute atomic E-state index is 0.532. The summed E-state index contributed by atoms with van der Waals surface area (Å²) < 4.78 is 1.03. The molecule has 1 aliphatic carbocycles. The zero-order valence-corrected chi connectivity index (χ0v) is 18.7. The third-order valence-electron chi connectivity index (χ3n) is 5.67. The predicted octanol–water partition coefficient (Wildman–Crippen LogP) is 6.76. The van der Waals surface area contributed by atoms with E-state index in [1.807, 2.05) is 42.5 Å². The van der Waals surface area contributed by atoms with Crippen molar-refractivity contribution >= 4 is 44.1 Å². The molecule has 0 radical (unpaired) electrons. The molecule has 0 bridgehead atoms. The molecule has 2 N–H and O–H groups in total. The quantitative estimate of drug-likeness (QED) is 0.340. The highest BCUT2D eigenvalue weighted by Crippen LogP contribution is 2.35. The van der Waals surface area contributed by atoms with Crippen LogP contribution < -0.4 is 10.6 Å². The molecule has 31 heavy (non-hydrogen) atoms. The molecule has 0 atom stereocenters. The summed E-state index contributed by atoms with van der Waals surface area (Å²) in [6.07, 6.45) is 9.90. The molecule has 0 saturated heterocycles. The van der Waals surface area contributed by atoms with Crippen LogP contribution in [0.2, 0.25) is 5.02 Å². The Morgan fingerprint density at radius 1 is 0.968 bits per heavy atom. The van der Waals surface area contributed by atoms with Gasteiger partial charge in [-0.05, 0) is 24.5 Å². The number of halogens is 1. The first-order valence-corrected chi connectivity index (χ1v) is 11.9. The average Bonchev–Trinajstić information content (AvgIpc) is 3.23. The molecule has 7 heteroatoms. The molecular formula is C24H24ClN5S. The molecule has 2 aromatic heterocycles. The summed E-state index contributed by atoms with van der Waals surface area (Å²) in [5, 5.41) is 8.69. The maximum absolute atomic E-state index is 6.76. The van der Waals surface area contributed by atoms with Gasteiger partial charge in [0.1, 0.15) is 5.82 Å². The fourth-order valence-electron chi connectivity index (χ4n) is 4.01. The highest BCUT2D eigenvalue weighted by atomic mass is 35.5. The summed E-state index contributed by atoms with van der Waals surface area (Å²) in [6, 6.07) is 14.7. The molecule has 0 aliphatic heterocycles. The van der Waals surface area contributed by atoms with Gasteiger partial charge in [-0.25, -0.2) is 9.97 Å². The van der Waals surface area contributed by atoms with Gasteiger partial charge in [0, 0.05) is 18.2 Å². The van der Waals surface area contributed by atoms with Crippen LogP contribution in [-0.2, 0) is 6.54 Å². The lowest BCUT2D eigenvalue weighted by Crippen LogP contribution is -2.21. The fourth-order valence-corrected chi connectivity index (χ4v) is 5.35. The van der Waals surface area contributed by atoms with Gasteiger partial charge in [0.2, 0.25) is 0 Å². The number of thiazole rings is 1. The van der Waals surface area contributed by atoms with Crippen LogP contribution in [0.5, 0.6) is 0 Å². The Morgan fingerprint density at radius 3 is 2.65 bits per heavy atom. The summed E-state index contributed by atoms with van der Waals surface area (Å²) in [5.41, 5.74) is 3.85. The number of nitrogens with one attached hydrogen (secondary N) is 2. The van der Waals surface area contributed by atoms with E-state index in [4.69, 9.17) is 16.6 Å². The first kappa shape index (κ1) is 20.2. The third-order valence-corrected chi connectivity index (χ3v) is 7.24. The summed E-state index contributed by atoms with van der Waals surface area (Å²) in [5.74, 6) is 0.724. The van der Waals surface area contributed by atoms with Crippen LogP contribution in [0.3, 0.4) is 0 Å². The number of anilines is 2. The number of fused-ring (bicyclic) bond motifs is 1. The van der Waals surface area contributed by atoms with E-state index >= 15 is 0 Å². The monoisotopic (exact) mass is 449 g/mol. The Kier molecular flexibility index (Phi) is 6.00. The van der Waals surface area contributed by atoms with E-state index in [0.717, 1.165) is 43.0 Å². The van der Waals surface area contributed by atoms with Crippen molar-refractivity contribution in [3.63, 3.8) is 0 Å². The minimum Gasteiger partial charge on any atom is -0.365 e. The second kappa shape index (κ2) is 9.20. The van der Waals surface area contributed by atoms with Crippen LogP contribution in [0.25, 0.3) is 21.5 Å². The molecule has 1 saturated carbocycles. The third kappa shape index (κ3) is 4.65. The molecule has 1 fully saturated rings. The first-order chi connectivity index (χ1) is 15.3. The summed E-state index contributed by atoms with van der Waals surface area (Å²) in [7, 11) is 0.